The molecule has 5 aromatic rings. The van der Waals surface area contributed by atoms with Gasteiger partial charge < -0.3 is 38.4 Å². The Balaban J connectivity index is 1.25. The molecule has 4 aliphatic rings. The van der Waals surface area contributed by atoms with E-state index in [1.54, 1.807) is 88.3 Å². The van der Waals surface area contributed by atoms with E-state index in [1.807, 2.05) is 0 Å². The first-order chi connectivity index (χ1) is 34.2. The largest absolute Gasteiger partial charge is 0.497 e. The second-order valence-corrected chi connectivity index (χ2v) is 20.3. The van der Waals surface area contributed by atoms with Crippen molar-refractivity contribution in [1.82, 2.24) is 29.7 Å². The SMILES string of the molecule is COc1ccc(CN(Cc2ccc(OC)cc2)c2cc(-c3nc4c5c(nc(OCC6(CN(C)C)CC6(F)F)nc5c3F)N3C[C@H]5CC[C@@H]([C@H]3[C@H](C(F)(F)F)O4)N5C(=O)OC(C)(C)C)c(C(F)(F)F)c(C)n2)cc1. The van der Waals surface area contributed by atoms with Gasteiger partial charge in [0, 0.05) is 38.2 Å². The summed E-state index contributed by atoms with van der Waals surface area (Å²) in [4.78, 5) is 36.6. The molecular weight excluding hydrogens is 980 g/mol. The Morgan fingerprint density at radius 1 is 0.877 bits per heavy atom. The van der Waals surface area contributed by atoms with Crippen molar-refractivity contribution in [3.05, 3.63) is 82.8 Å². The highest BCUT2D eigenvalue weighted by molar-refractivity contribution is 5.98. The molecule has 6 heterocycles. The molecule has 14 nitrogen and oxygen atoms in total. The lowest BCUT2D eigenvalue weighted by atomic mass is 9.96. The van der Waals surface area contributed by atoms with Crippen LogP contribution < -0.4 is 28.7 Å². The molecule has 9 rings (SSSR count). The van der Waals surface area contributed by atoms with E-state index in [2.05, 4.69) is 19.9 Å². The second-order valence-electron chi connectivity index (χ2n) is 20.3. The van der Waals surface area contributed by atoms with E-state index >= 15 is 39.5 Å². The number of halogens is 9. The van der Waals surface area contributed by atoms with Crippen molar-refractivity contribution >= 4 is 28.6 Å². The predicted octanol–water partition coefficient (Wildman–Crippen LogP) is 10.0. The van der Waals surface area contributed by atoms with Gasteiger partial charge in [-0.1, -0.05) is 24.3 Å². The van der Waals surface area contributed by atoms with E-state index in [9.17, 15) is 4.79 Å². The van der Waals surface area contributed by atoms with Crippen LogP contribution in [0.25, 0.3) is 22.2 Å². The zero-order valence-corrected chi connectivity index (χ0v) is 41.1. The number of piperazine rings is 1. The van der Waals surface area contributed by atoms with Gasteiger partial charge in [0.1, 0.15) is 51.9 Å². The summed E-state index contributed by atoms with van der Waals surface area (Å²) in [5.41, 5.74) is -6.43. The van der Waals surface area contributed by atoms with Gasteiger partial charge in [-0.3, -0.25) is 4.90 Å². The van der Waals surface area contributed by atoms with Crippen molar-refractivity contribution in [3.8, 4) is 34.6 Å². The van der Waals surface area contributed by atoms with Crippen LogP contribution in [0.15, 0.2) is 54.6 Å². The fraction of sp³-hybridized carbons (Fsp3) is 0.500. The lowest BCUT2D eigenvalue weighted by molar-refractivity contribution is -0.206. The van der Waals surface area contributed by atoms with Crippen LogP contribution in [0.1, 0.15) is 62.4 Å². The Kier molecular flexibility index (Phi) is 13.0. The molecule has 5 atom stereocenters. The molecule has 1 aliphatic carbocycles. The lowest BCUT2D eigenvalue weighted by Gasteiger charge is -2.48. The van der Waals surface area contributed by atoms with Gasteiger partial charge in [0.15, 0.2) is 5.82 Å². The summed E-state index contributed by atoms with van der Waals surface area (Å²) in [6.07, 6.45) is -14.6. The van der Waals surface area contributed by atoms with Gasteiger partial charge in [-0.2, -0.15) is 36.3 Å². The fourth-order valence-electron chi connectivity index (χ4n) is 10.3. The van der Waals surface area contributed by atoms with Crippen LogP contribution in [0, 0.1) is 18.2 Å². The Labute approximate surface area is 414 Å². The Morgan fingerprint density at radius 3 is 2.00 bits per heavy atom. The number of rotatable bonds is 13. The maximum Gasteiger partial charge on any atom is 0.427 e. The number of aryl methyl sites for hydroxylation is 1. The average molecular weight is 1030 g/mol. The van der Waals surface area contributed by atoms with E-state index in [-0.39, 0.29) is 44.8 Å². The molecule has 2 aromatic carbocycles. The van der Waals surface area contributed by atoms with Gasteiger partial charge >= 0.3 is 24.5 Å². The average Bonchev–Trinajstić information content (AvgIpc) is 3.74. The smallest absolute Gasteiger partial charge is 0.427 e. The minimum Gasteiger partial charge on any atom is -0.497 e. The van der Waals surface area contributed by atoms with Crippen molar-refractivity contribution < 1.29 is 68.0 Å². The standard InChI is InChI=1S/C50H53F9N8O6/c1-26-36(49(54,55)56)32(19-34(60-26)65(20-27-9-14-30(69-7)15-10-27)21-28-11-16-31(70-8)17-12-28)38-37(51)39-35-42(63-44(62-39)71-25-47(24-64(5)6)23-48(47,52)53)66-22-29-13-18-33(67(29)45(68)73-46(2,3)4)40(66)41(50(57,58)59)72-43(35)61-38/h9-12,14-17,19,29,33,40-41H,13,18,20-25H2,1-8H3/t29-,33+,40+,41-,47?/m1/s1. The topological polar surface area (TPSA) is 128 Å². The summed E-state index contributed by atoms with van der Waals surface area (Å²) < 4.78 is 170. The van der Waals surface area contributed by atoms with Crippen molar-refractivity contribution in [2.24, 2.45) is 5.41 Å². The number of carbonyl (C=O) groups is 1. The Morgan fingerprint density at radius 2 is 1.48 bits per heavy atom. The maximum absolute atomic E-state index is 18.0. The summed E-state index contributed by atoms with van der Waals surface area (Å²) >= 11 is 0. The number of benzene rings is 2. The van der Waals surface area contributed by atoms with Gasteiger partial charge in [-0.05, 0) is 96.1 Å². The quantitative estimate of drug-likeness (QED) is 0.104. The molecular formula is C50H53F9N8O6. The molecule has 1 unspecified atom stereocenters. The predicted molar refractivity (Wildman–Crippen MR) is 249 cm³/mol. The molecule has 0 spiro atoms. The van der Waals surface area contributed by atoms with Gasteiger partial charge in [0.25, 0.3) is 5.92 Å². The van der Waals surface area contributed by atoms with E-state index in [1.165, 1.54) is 28.9 Å². The third kappa shape index (κ3) is 9.87. The van der Waals surface area contributed by atoms with E-state index in [0.29, 0.717) is 22.6 Å². The molecule has 392 valence electrons. The van der Waals surface area contributed by atoms with Crippen LogP contribution in [0.3, 0.4) is 0 Å². The van der Waals surface area contributed by atoms with Crippen LogP contribution in [0.5, 0.6) is 23.4 Å². The fourth-order valence-corrected chi connectivity index (χ4v) is 10.3. The van der Waals surface area contributed by atoms with Crippen molar-refractivity contribution in [2.45, 2.75) is 108 Å². The Hall–Kier alpha value is -6.52. The number of aromatic nitrogens is 4. The highest BCUT2D eigenvalue weighted by Gasteiger charge is 2.72. The van der Waals surface area contributed by atoms with Crippen LogP contribution in [-0.4, -0.2) is 126 Å². The van der Waals surface area contributed by atoms with Crippen LogP contribution in [0.4, 0.5) is 55.9 Å². The van der Waals surface area contributed by atoms with Crippen LogP contribution >= 0.6 is 0 Å². The van der Waals surface area contributed by atoms with Crippen LogP contribution in [-0.2, 0) is 24.0 Å². The van der Waals surface area contributed by atoms with Crippen molar-refractivity contribution in [3.63, 3.8) is 0 Å². The number of carbonyl (C=O) groups excluding carboxylic acids is 1. The molecule has 0 radical (unpaired) electrons. The number of ether oxygens (including phenoxy) is 5. The molecule has 2 saturated heterocycles. The summed E-state index contributed by atoms with van der Waals surface area (Å²) in [7, 11) is 6.11. The number of alkyl halides is 8. The van der Waals surface area contributed by atoms with E-state index < -0.39 is 130 Å². The van der Waals surface area contributed by atoms with Gasteiger partial charge in [0.2, 0.25) is 12.0 Å². The summed E-state index contributed by atoms with van der Waals surface area (Å²) in [6, 6.07) is 10.1. The molecule has 73 heavy (non-hydrogen) atoms. The molecule has 23 heteroatoms. The molecule has 3 fully saturated rings. The van der Waals surface area contributed by atoms with Gasteiger partial charge in [-0.15, -0.1) is 0 Å². The first kappa shape index (κ1) is 51.4. The number of fused-ring (bicyclic) bond motifs is 5. The second kappa shape index (κ2) is 18.4. The van der Waals surface area contributed by atoms with E-state index in [0.717, 1.165) is 13.0 Å². The van der Waals surface area contributed by atoms with Gasteiger partial charge in [0.05, 0.1) is 49.0 Å². The summed E-state index contributed by atoms with van der Waals surface area (Å²) in [6.45, 7) is 4.71. The number of hydrogen-bond acceptors (Lipinski definition) is 13. The van der Waals surface area contributed by atoms with Gasteiger partial charge in [-0.25, -0.2) is 27.9 Å². The highest BCUT2D eigenvalue weighted by Crippen LogP contribution is 2.61. The van der Waals surface area contributed by atoms with Crippen molar-refractivity contribution in [2.75, 3.05) is 57.8 Å². The number of anilines is 2. The number of nitrogens with zero attached hydrogens (tertiary/aromatic N) is 8. The van der Waals surface area contributed by atoms with E-state index in [4.69, 9.17) is 23.7 Å². The Bertz CT molecular complexity index is 2850. The summed E-state index contributed by atoms with van der Waals surface area (Å²) in [5, 5.41) is -0.546. The number of hydrogen-bond donors (Lipinski definition) is 0. The first-order valence-corrected chi connectivity index (χ1v) is 23.4. The molecule has 1 saturated carbocycles. The molecule has 3 aliphatic heterocycles. The monoisotopic (exact) mass is 1030 g/mol. The minimum atomic E-state index is -5.26. The first-order valence-electron chi connectivity index (χ1n) is 23.4. The number of amides is 1. The molecule has 0 N–H and O–H groups in total. The maximum atomic E-state index is 18.0. The zero-order valence-electron chi connectivity index (χ0n) is 41.1. The molecule has 2 bridgehead atoms. The molecule has 1 amide bonds. The molecule has 3 aromatic heterocycles. The normalized spacial score (nSPS) is 22.2. The highest BCUT2D eigenvalue weighted by atomic mass is 19.4. The number of methoxy groups -OCH3 is 2. The zero-order chi connectivity index (χ0) is 52.7. The summed E-state index contributed by atoms with van der Waals surface area (Å²) in [5.74, 6) is -5.16. The third-order valence-corrected chi connectivity index (χ3v) is 13.6. The lowest BCUT2D eigenvalue weighted by Crippen LogP contribution is -2.68. The van der Waals surface area contributed by atoms with Crippen LogP contribution in [0.2, 0.25) is 0 Å². The van der Waals surface area contributed by atoms with Crippen molar-refractivity contribution in [1.29, 1.82) is 0 Å². The third-order valence-electron chi connectivity index (χ3n) is 13.6. The number of pyridine rings is 2. The minimum absolute atomic E-state index is 0.0295.